The number of morpholine rings is 1. The quantitative estimate of drug-likeness (QED) is 0.284. The molecule has 5 rings (SSSR count). The number of benzene rings is 1. The molecule has 0 spiro atoms. The van der Waals surface area contributed by atoms with Gasteiger partial charge in [0.25, 0.3) is 5.56 Å². The lowest BCUT2D eigenvalue weighted by Crippen LogP contribution is -2.36. The fourth-order valence-electron chi connectivity index (χ4n) is 5.59. The largest absolute Gasteiger partial charge is 0.390 e. The Morgan fingerprint density at radius 1 is 1.11 bits per heavy atom. The number of anilines is 1. The summed E-state index contributed by atoms with van der Waals surface area (Å²) in [6.07, 6.45) is 7.37. The van der Waals surface area contributed by atoms with Gasteiger partial charge in [0, 0.05) is 39.8 Å². The molecule has 2 aromatic heterocycles. The van der Waals surface area contributed by atoms with Crippen LogP contribution < -0.4 is 10.5 Å². The van der Waals surface area contributed by atoms with E-state index in [0.29, 0.717) is 16.7 Å². The minimum atomic E-state index is -0.325. The Hall–Kier alpha value is -4.25. The zero-order chi connectivity index (χ0) is 31.7. The molecule has 0 atom stereocenters. The monoisotopic (exact) mass is 597 g/mol. The van der Waals surface area contributed by atoms with Crippen LogP contribution in [0, 0.1) is 22.7 Å². The van der Waals surface area contributed by atoms with E-state index in [-0.39, 0.29) is 28.5 Å². The van der Waals surface area contributed by atoms with Gasteiger partial charge in [0.05, 0.1) is 30.6 Å². The second-order valence-corrected chi connectivity index (χ2v) is 12.4. The van der Waals surface area contributed by atoms with Crippen LogP contribution in [0.25, 0.3) is 11.0 Å². The summed E-state index contributed by atoms with van der Waals surface area (Å²) >= 11 is 0. The summed E-state index contributed by atoms with van der Waals surface area (Å²) < 4.78 is 6.80. The Kier molecular flexibility index (Phi) is 11.1. The summed E-state index contributed by atoms with van der Waals surface area (Å²) in [5.41, 5.74) is 3.91. The van der Waals surface area contributed by atoms with E-state index < -0.39 is 0 Å². The third kappa shape index (κ3) is 8.43. The van der Waals surface area contributed by atoms with E-state index in [9.17, 15) is 10.1 Å². The van der Waals surface area contributed by atoms with Crippen LogP contribution in [-0.2, 0) is 23.2 Å². The first-order valence-electron chi connectivity index (χ1n) is 15.3. The fraction of sp³-hybridized carbons (Fsp3) is 0.500. The third-order valence-corrected chi connectivity index (χ3v) is 7.91. The predicted octanol–water partition coefficient (Wildman–Crippen LogP) is 5.11. The SMILES string of the molecule is CC(C)(C)O/N=C/c1cccc(CN2CCOCC2)c1.CN(c1c(C#N)c(=O)n(C)c2ccc(C#N)nc12)C1CCCCC1. The van der Waals surface area contributed by atoms with E-state index in [1.54, 1.807) is 25.4 Å². The summed E-state index contributed by atoms with van der Waals surface area (Å²) in [7, 11) is 3.55. The van der Waals surface area contributed by atoms with Gasteiger partial charge in [0.1, 0.15) is 34.5 Å². The Morgan fingerprint density at radius 3 is 2.50 bits per heavy atom. The standard InChI is InChI=1S/C18H19N5O.C16H24N2O2/c1-22(13-6-4-3-5-7-13)17-14(11-20)18(24)23(2)15-9-8-12(10-19)21-16(15)17;1-16(2,3)20-17-12-14-5-4-6-15(11-14)13-18-7-9-19-10-8-18/h8-9,13H,3-7H2,1-2H3;4-6,11-12H,7-10,13H2,1-3H3/b;17-12+. The average molecular weight is 598 g/mol. The molecule has 0 bridgehead atoms. The van der Waals surface area contributed by atoms with Gasteiger partial charge in [-0.25, -0.2) is 4.98 Å². The molecule has 232 valence electrons. The van der Waals surface area contributed by atoms with Crippen LogP contribution in [0.3, 0.4) is 0 Å². The maximum Gasteiger partial charge on any atom is 0.270 e. The number of ether oxygens (including phenoxy) is 1. The van der Waals surface area contributed by atoms with Crippen molar-refractivity contribution in [1.29, 1.82) is 10.5 Å². The van der Waals surface area contributed by atoms with Crippen molar-refractivity contribution in [2.45, 2.75) is 71.1 Å². The van der Waals surface area contributed by atoms with Gasteiger partial charge in [-0.2, -0.15) is 10.5 Å². The number of pyridine rings is 2. The molecule has 2 fully saturated rings. The van der Waals surface area contributed by atoms with Gasteiger partial charge in [-0.3, -0.25) is 9.69 Å². The van der Waals surface area contributed by atoms with Crippen LogP contribution in [0.15, 0.2) is 46.3 Å². The lowest BCUT2D eigenvalue weighted by atomic mass is 9.93. The molecule has 10 heteroatoms. The van der Waals surface area contributed by atoms with Crippen LogP contribution in [0.4, 0.5) is 5.69 Å². The molecule has 0 radical (unpaired) electrons. The van der Waals surface area contributed by atoms with Crippen molar-refractivity contribution in [3.8, 4) is 12.1 Å². The van der Waals surface area contributed by atoms with Crippen LogP contribution >= 0.6 is 0 Å². The van der Waals surface area contributed by atoms with Gasteiger partial charge in [-0.15, -0.1) is 0 Å². The number of hydrogen-bond donors (Lipinski definition) is 0. The third-order valence-electron chi connectivity index (χ3n) is 7.91. The number of hydrogen-bond acceptors (Lipinski definition) is 9. The molecule has 0 amide bonds. The number of aryl methyl sites for hydroxylation is 1. The van der Waals surface area contributed by atoms with Crippen LogP contribution in [-0.4, -0.2) is 65.7 Å². The van der Waals surface area contributed by atoms with Gasteiger partial charge in [-0.1, -0.05) is 42.6 Å². The topological polar surface area (TPSA) is 120 Å². The first-order chi connectivity index (χ1) is 21.1. The second kappa shape index (κ2) is 15.0. The molecule has 3 heterocycles. The van der Waals surface area contributed by atoms with Crippen molar-refractivity contribution >= 4 is 22.9 Å². The summed E-state index contributed by atoms with van der Waals surface area (Å²) in [4.78, 5) is 26.8. The Morgan fingerprint density at radius 2 is 1.84 bits per heavy atom. The molecule has 0 N–H and O–H groups in total. The smallest absolute Gasteiger partial charge is 0.270 e. The van der Waals surface area contributed by atoms with E-state index in [4.69, 9.17) is 14.8 Å². The van der Waals surface area contributed by atoms with E-state index >= 15 is 0 Å². The first-order valence-corrected chi connectivity index (χ1v) is 15.3. The number of rotatable bonds is 6. The molecule has 44 heavy (non-hydrogen) atoms. The molecule has 1 saturated carbocycles. The van der Waals surface area contributed by atoms with Gasteiger partial charge in [0.15, 0.2) is 0 Å². The van der Waals surface area contributed by atoms with E-state index in [1.165, 1.54) is 16.6 Å². The van der Waals surface area contributed by atoms with Crippen LogP contribution in [0.2, 0.25) is 0 Å². The van der Waals surface area contributed by atoms with Gasteiger partial charge >= 0.3 is 0 Å². The molecular weight excluding hydrogens is 554 g/mol. The lowest BCUT2D eigenvalue weighted by Gasteiger charge is -2.33. The molecule has 1 aromatic carbocycles. The van der Waals surface area contributed by atoms with Crippen molar-refractivity contribution in [2.24, 2.45) is 12.2 Å². The highest BCUT2D eigenvalue weighted by molar-refractivity contribution is 5.92. The van der Waals surface area contributed by atoms with E-state index in [0.717, 1.165) is 64.1 Å². The number of aromatic nitrogens is 2. The highest BCUT2D eigenvalue weighted by Gasteiger charge is 2.26. The van der Waals surface area contributed by atoms with Gasteiger partial charge < -0.3 is 19.0 Å². The predicted molar refractivity (Wildman–Crippen MR) is 173 cm³/mol. The molecule has 0 unspecified atom stereocenters. The maximum atomic E-state index is 12.6. The zero-order valence-electron chi connectivity index (χ0n) is 26.5. The Labute approximate surface area is 260 Å². The summed E-state index contributed by atoms with van der Waals surface area (Å²) in [5, 5.41) is 22.8. The minimum Gasteiger partial charge on any atom is -0.390 e. The number of fused-ring (bicyclic) bond motifs is 1. The lowest BCUT2D eigenvalue weighted by molar-refractivity contribution is 0.00199. The van der Waals surface area contributed by atoms with Gasteiger partial charge in [0.2, 0.25) is 0 Å². The Balaban J connectivity index is 0.000000204. The van der Waals surface area contributed by atoms with Crippen LogP contribution in [0.1, 0.15) is 75.3 Å². The van der Waals surface area contributed by atoms with Crippen molar-refractivity contribution < 1.29 is 9.57 Å². The normalized spacial score (nSPS) is 16.2. The first kappa shape index (κ1) is 32.7. The highest BCUT2D eigenvalue weighted by atomic mass is 16.6. The average Bonchev–Trinajstić information content (AvgIpc) is 3.03. The van der Waals surface area contributed by atoms with Crippen molar-refractivity contribution in [1.82, 2.24) is 14.5 Å². The molecular formula is C34H43N7O3. The van der Waals surface area contributed by atoms with Crippen molar-refractivity contribution in [3.63, 3.8) is 0 Å². The van der Waals surface area contributed by atoms with Crippen molar-refractivity contribution in [2.75, 3.05) is 38.3 Å². The minimum absolute atomic E-state index is 0.0978. The second-order valence-electron chi connectivity index (χ2n) is 12.4. The number of nitrogens with zero attached hydrogens (tertiary/aromatic N) is 7. The number of oxime groups is 1. The number of nitriles is 2. The molecule has 1 aliphatic heterocycles. The Bertz CT molecular complexity index is 1600. The zero-order valence-corrected chi connectivity index (χ0v) is 26.5. The van der Waals surface area contributed by atoms with E-state index in [1.807, 2.05) is 44.9 Å². The van der Waals surface area contributed by atoms with Crippen molar-refractivity contribution in [3.05, 3.63) is 69.1 Å². The fourth-order valence-corrected chi connectivity index (χ4v) is 5.59. The maximum absolute atomic E-state index is 12.6. The molecule has 10 nitrogen and oxygen atoms in total. The van der Waals surface area contributed by atoms with E-state index in [2.05, 4.69) is 39.3 Å². The molecule has 1 saturated heterocycles. The summed E-state index contributed by atoms with van der Waals surface area (Å²) in [5.74, 6) is 0. The highest BCUT2D eigenvalue weighted by Crippen LogP contribution is 2.32. The van der Waals surface area contributed by atoms with Gasteiger partial charge in [-0.05, 0) is 62.9 Å². The molecule has 2 aliphatic rings. The summed E-state index contributed by atoms with van der Waals surface area (Å²) in [6, 6.07) is 16.1. The summed E-state index contributed by atoms with van der Waals surface area (Å²) in [6.45, 7) is 10.6. The van der Waals surface area contributed by atoms with Crippen LogP contribution in [0.5, 0.6) is 0 Å². The molecule has 3 aromatic rings. The molecule has 1 aliphatic carbocycles.